The number of aromatic nitrogens is 2. The molecule has 14 aromatic rings. The molecule has 15 rings (SSSR count). The van der Waals surface area contributed by atoms with Gasteiger partial charge in [-0.3, -0.25) is 0 Å². The first-order valence-electron chi connectivity index (χ1n) is 26.2. The summed E-state index contributed by atoms with van der Waals surface area (Å²) in [6, 6.07) is 109. The normalized spacial score (nSPS) is 13.8. The van der Waals surface area contributed by atoms with Gasteiger partial charge in [0.1, 0.15) is 0 Å². The van der Waals surface area contributed by atoms with Crippen LogP contribution in [0.15, 0.2) is 297 Å². The van der Waals surface area contributed by atoms with Gasteiger partial charge in [-0.15, -0.1) is 0 Å². The van der Waals surface area contributed by atoms with Crippen LogP contribution in [0.5, 0.6) is 0 Å². The lowest BCUT2D eigenvalue weighted by Gasteiger charge is -2.35. The second kappa shape index (κ2) is 17.6. The topological polar surface area (TPSA) is 13.1 Å². The minimum atomic E-state index is -0.559. The molecule has 1 aliphatic rings. The van der Waals surface area contributed by atoms with Crippen LogP contribution in [0, 0.1) is 0 Å². The quantitative estimate of drug-likeness (QED) is 0.140. The summed E-state index contributed by atoms with van der Waals surface area (Å²) in [7, 11) is 0. The van der Waals surface area contributed by atoms with Crippen LogP contribution < -0.4 is 4.90 Å². The van der Waals surface area contributed by atoms with E-state index in [1.165, 1.54) is 105 Å². The average molecular weight is 968 g/mol. The van der Waals surface area contributed by atoms with Crippen LogP contribution >= 0.6 is 0 Å². The zero-order valence-corrected chi connectivity index (χ0v) is 41.6. The summed E-state index contributed by atoms with van der Waals surface area (Å²) in [6.45, 7) is 0. The first-order chi connectivity index (χ1) is 37.7. The Morgan fingerprint density at radius 1 is 0.250 bits per heavy atom. The Kier molecular flexibility index (Phi) is 10.1. The fourth-order valence-electron chi connectivity index (χ4n) is 12.6. The van der Waals surface area contributed by atoms with Crippen molar-refractivity contribution in [1.82, 2.24) is 9.13 Å². The number of hydrogen-bond acceptors (Lipinski definition) is 1. The third kappa shape index (κ3) is 6.76. The molecule has 0 bridgehead atoms. The predicted molar refractivity (Wildman–Crippen MR) is 318 cm³/mol. The monoisotopic (exact) mass is 967 g/mol. The van der Waals surface area contributed by atoms with Gasteiger partial charge in [0, 0.05) is 50.0 Å². The maximum atomic E-state index is 2.44. The Balaban J connectivity index is 0.804. The first kappa shape index (κ1) is 43.6. The molecule has 12 aromatic carbocycles. The zero-order valence-electron chi connectivity index (χ0n) is 41.6. The molecule has 3 heteroatoms. The summed E-state index contributed by atoms with van der Waals surface area (Å²) >= 11 is 0. The molecule has 3 nitrogen and oxygen atoms in total. The third-order valence-corrected chi connectivity index (χ3v) is 16.0. The SMILES string of the molecule is c1ccc(N(c2ccccc2)c2ccc3c(c2)C(c2ccccc2)(c2ccc(-c4ccc(-n5c6ccccc6c6cc(-c7ccc8c(c7)c7ccccc7n8-c7ccccc7)ccc65)cc4)cc2)c2ccccc2-3)cc1. The predicted octanol–water partition coefficient (Wildman–Crippen LogP) is 19.0. The summed E-state index contributed by atoms with van der Waals surface area (Å²) in [5, 5.41) is 4.99. The molecule has 0 saturated carbocycles. The fraction of sp³-hybridized carbons (Fsp3) is 0.0137. The molecule has 0 spiro atoms. The maximum absolute atomic E-state index is 2.44. The molecule has 76 heavy (non-hydrogen) atoms. The van der Waals surface area contributed by atoms with Crippen molar-refractivity contribution in [3.63, 3.8) is 0 Å². The van der Waals surface area contributed by atoms with Gasteiger partial charge < -0.3 is 14.0 Å². The standard InChI is InChI=1S/C73H49N3/c1-5-19-54(20-6-1)73(67-30-16-13-27-61(67)62-44-43-60(49-68(62)73)74(56-21-7-2-8-22-56)57-23-9-3-10-24-57)55-39-33-50(34-40-55)51-35-41-59(42-36-51)76-70-32-18-15-29-64(70)66-48-53(38-46-72(66)76)52-37-45-71-65(47-52)63-28-14-17-31-69(63)75(71)58-25-11-4-12-26-58/h1-49H. The van der Waals surface area contributed by atoms with Crippen molar-refractivity contribution in [3.8, 4) is 44.8 Å². The van der Waals surface area contributed by atoms with E-state index in [9.17, 15) is 0 Å². The highest BCUT2D eigenvalue weighted by molar-refractivity contribution is 6.13. The molecular weight excluding hydrogens is 919 g/mol. The molecule has 0 radical (unpaired) electrons. The minimum Gasteiger partial charge on any atom is -0.310 e. The minimum absolute atomic E-state index is 0.559. The molecule has 1 unspecified atom stereocenters. The molecule has 0 aliphatic heterocycles. The lowest BCUT2D eigenvalue weighted by molar-refractivity contribution is 0.768. The lowest BCUT2D eigenvalue weighted by atomic mass is 9.67. The number of nitrogens with zero attached hydrogens (tertiary/aromatic N) is 3. The Bertz CT molecular complexity index is 4440. The second-order valence-electron chi connectivity index (χ2n) is 20.0. The van der Waals surface area contributed by atoms with Crippen molar-refractivity contribution >= 4 is 60.7 Å². The summed E-state index contributed by atoms with van der Waals surface area (Å²) in [6.07, 6.45) is 0. The van der Waals surface area contributed by atoms with Crippen LogP contribution in [0.1, 0.15) is 22.3 Å². The summed E-state index contributed by atoms with van der Waals surface area (Å²) in [5.41, 5.74) is 22.2. The van der Waals surface area contributed by atoms with Gasteiger partial charge in [0.05, 0.1) is 27.5 Å². The van der Waals surface area contributed by atoms with Crippen molar-refractivity contribution in [2.45, 2.75) is 5.41 Å². The van der Waals surface area contributed by atoms with Crippen molar-refractivity contribution in [2.75, 3.05) is 4.90 Å². The largest absolute Gasteiger partial charge is 0.310 e. The molecule has 2 aromatic heterocycles. The molecule has 0 saturated heterocycles. The summed E-state index contributed by atoms with van der Waals surface area (Å²) in [5.74, 6) is 0. The fourth-order valence-corrected chi connectivity index (χ4v) is 12.6. The Morgan fingerprint density at radius 2 is 0.671 bits per heavy atom. The van der Waals surface area contributed by atoms with E-state index in [0.29, 0.717) is 0 Å². The maximum Gasteiger partial charge on any atom is 0.0714 e. The first-order valence-corrected chi connectivity index (χ1v) is 26.2. The second-order valence-corrected chi connectivity index (χ2v) is 20.0. The number of para-hydroxylation sites is 5. The molecule has 1 aliphatic carbocycles. The Labute approximate surface area is 442 Å². The van der Waals surface area contributed by atoms with E-state index in [-0.39, 0.29) is 0 Å². The van der Waals surface area contributed by atoms with Crippen LogP contribution in [0.4, 0.5) is 17.1 Å². The number of fused-ring (bicyclic) bond motifs is 9. The molecule has 1 atom stereocenters. The Morgan fingerprint density at radius 3 is 1.25 bits per heavy atom. The zero-order chi connectivity index (χ0) is 50.2. The highest BCUT2D eigenvalue weighted by Crippen LogP contribution is 2.57. The van der Waals surface area contributed by atoms with Gasteiger partial charge in [0.25, 0.3) is 0 Å². The van der Waals surface area contributed by atoms with Gasteiger partial charge >= 0.3 is 0 Å². The Hall–Kier alpha value is -9.96. The van der Waals surface area contributed by atoms with Crippen molar-refractivity contribution in [3.05, 3.63) is 320 Å². The smallest absolute Gasteiger partial charge is 0.0714 e. The average Bonchev–Trinajstić information content (AvgIpc) is 4.16. The van der Waals surface area contributed by atoms with Gasteiger partial charge in [-0.2, -0.15) is 0 Å². The van der Waals surface area contributed by atoms with E-state index in [4.69, 9.17) is 0 Å². The number of rotatable bonds is 9. The summed E-state index contributed by atoms with van der Waals surface area (Å²) < 4.78 is 4.80. The summed E-state index contributed by atoms with van der Waals surface area (Å²) in [4.78, 5) is 2.37. The van der Waals surface area contributed by atoms with E-state index in [1.807, 2.05) is 0 Å². The van der Waals surface area contributed by atoms with Crippen LogP contribution in [0.3, 0.4) is 0 Å². The molecule has 0 fully saturated rings. The molecule has 0 amide bonds. The number of hydrogen-bond donors (Lipinski definition) is 0. The van der Waals surface area contributed by atoms with E-state index in [2.05, 4.69) is 311 Å². The van der Waals surface area contributed by atoms with Gasteiger partial charge in [-0.05, 0) is 153 Å². The highest BCUT2D eigenvalue weighted by atomic mass is 15.1. The molecule has 0 N–H and O–H groups in total. The third-order valence-electron chi connectivity index (χ3n) is 16.0. The van der Waals surface area contributed by atoms with Crippen LogP contribution in [-0.4, -0.2) is 9.13 Å². The van der Waals surface area contributed by atoms with Gasteiger partial charge in [-0.1, -0.05) is 200 Å². The lowest BCUT2D eigenvalue weighted by Crippen LogP contribution is -2.28. The molecule has 2 heterocycles. The van der Waals surface area contributed by atoms with E-state index in [1.54, 1.807) is 0 Å². The van der Waals surface area contributed by atoms with Gasteiger partial charge in [0.2, 0.25) is 0 Å². The highest BCUT2D eigenvalue weighted by Gasteiger charge is 2.46. The van der Waals surface area contributed by atoms with Crippen molar-refractivity contribution < 1.29 is 0 Å². The van der Waals surface area contributed by atoms with E-state index >= 15 is 0 Å². The van der Waals surface area contributed by atoms with Crippen LogP contribution in [-0.2, 0) is 5.41 Å². The van der Waals surface area contributed by atoms with Crippen molar-refractivity contribution in [2.24, 2.45) is 0 Å². The number of benzene rings is 12. The van der Waals surface area contributed by atoms with Gasteiger partial charge in [-0.25, -0.2) is 0 Å². The molecule has 356 valence electrons. The van der Waals surface area contributed by atoms with Crippen LogP contribution in [0.2, 0.25) is 0 Å². The molecular formula is C73H49N3. The van der Waals surface area contributed by atoms with Crippen molar-refractivity contribution in [1.29, 1.82) is 0 Å². The van der Waals surface area contributed by atoms with E-state index < -0.39 is 5.41 Å². The van der Waals surface area contributed by atoms with Gasteiger partial charge in [0.15, 0.2) is 0 Å². The van der Waals surface area contributed by atoms with Crippen LogP contribution in [0.25, 0.3) is 88.4 Å². The number of anilines is 3. The van der Waals surface area contributed by atoms with E-state index in [0.717, 1.165) is 22.7 Å².